The highest BCUT2D eigenvalue weighted by Crippen LogP contribution is 2.49. The van der Waals surface area contributed by atoms with Gasteiger partial charge in [-0.3, -0.25) is 9.35 Å². The molecule has 330 valence electrons. The summed E-state index contributed by atoms with van der Waals surface area (Å²) < 4.78 is 81.3. The summed E-state index contributed by atoms with van der Waals surface area (Å²) in [6, 6.07) is 16.5. The molecule has 15 heteroatoms. The van der Waals surface area contributed by atoms with Crippen molar-refractivity contribution in [2.45, 2.75) is 74.0 Å². The van der Waals surface area contributed by atoms with E-state index in [1.165, 1.54) is 18.2 Å². The first kappa shape index (κ1) is 47.4. The van der Waals surface area contributed by atoms with Crippen LogP contribution >= 0.6 is 0 Å². The predicted octanol–water partition coefficient (Wildman–Crippen LogP) is 6.62. The number of aliphatic carboxylic acids is 1. The molecule has 2 N–H and O–H groups in total. The summed E-state index contributed by atoms with van der Waals surface area (Å²) in [7, 11) is 3.62. The molecule has 2 heterocycles. The maximum absolute atomic E-state index is 12.3. The molecule has 0 aromatic heterocycles. The Kier molecular flexibility index (Phi) is 13.7. The first-order valence-corrected chi connectivity index (χ1v) is 23.3. The maximum atomic E-state index is 12.3. The lowest BCUT2D eigenvalue weighted by atomic mass is 9.81. The van der Waals surface area contributed by atoms with Crippen molar-refractivity contribution in [3.05, 3.63) is 113 Å². The Labute approximate surface area is 362 Å². The fourth-order valence-corrected chi connectivity index (χ4v) is 9.07. The molecule has 2 aliphatic heterocycles. The van der Waals surface area contributed by atoms with Crippen LogP contribution in [-0.2, 0) is 42.3 Å². The summed E-state index contributed by atoms with van der Waals surface area (Å²) in [6.45, 7) is 11.1. The first-order valence-electron chi connectivity index (χ1n) is 20.4. The average Bonchev–Trinajstić information content (AvgIpc) is 3.48. The van der Waals surface area contributed by atoms with Crippen molar-refractivity contribution < 1.29 is 54.1 Å². The second-order valence-electron chi connectivity index (χ2n) is 19.1. The van der Waals surface area contributed by atoms with Gasteiger partial charge in [-0.1, -0.05) is 26.0 Å². The Balaban J connectivity index is 1.65. The molecule has 0 unspecified atom stereocenters. The predicted molar refractivity (Wildman–Crippen MR) is 237 cm³/mol. The largest absolute Gasteiger partial charge is 0.744 e. The standard InChI is InChI=1S/C46H60N4O9S2/c1-45(2)38-31-36(60(53,54)55)20-22-40(38)47(27-11-29-49(5,6)7)42(45)24-18-35(59-34-16-13-33(14-17-34)15-26-44(51)52)19-25-43-46(3,4)39-32-37(61(56,57)58)21-23-41(39)48(43)28-12-30-50(8,9)10/h13-14,16-25,31-32H,11-12,15,26-30H2,1-10H3/p+2. The SMILES string of the molecule is CC1(C)C(/C=C/C(=C/C=C2/N(CCC[N+](C)(C)C)c3ccc(S(=O)(=O)O)cc3C2(C)C)Oc2ccc(CCC(=O)O)cc2)=[N+](CCC[N+](C)(C)C)c2ccc(S(=O)(=O)[O-])cc21. The Morgan fingerprint density at radius 3 is 2.03 bits per heavy atom. The van der Waals surface area contributed by atoms with Gasteiger partial charge >= 0.3 is 5.97 Å². The van der Waals surface area contributed by atoms with Gasteiger partial charge in [-0.05, 0) is 92.1 Å². The number of anilines is 1. The minimum Gasteiger partial charge on any atom is -0.744 e. The number of nitrogens with zero attached hydrogens (tertiary/aromatic N) is 4. The van der Waals surface area contributed by atoms with E-state index in [0.29, 0.717) is 31.0 Å². The van der Waals surface area contributed by atoms with Gasteiger partial charge < -0.3 is 28.3 Å². The van der Waals surface area contributed by atoms with Crippen LogP contribution in [0.4, 0.5) is 11.4 Å². The van der Waals surface area contributed by atoms with Crippen molar-refractivity contribution in [2.24, 2.45) is 0 Å². The molecule has 0 fully saturated rings. The van der Waals surface area contributed by atoms with Gasteiger partial charge in [-0.2, -0.15) is 13.0 Å². The Morgan fingerprint density at radius 1 is 0.836 bits per heavy atom. The molecule has 0 atom stereocenters. The van der Waals surface area contributed by atoms with Gasteiger partial charge in [0.1, 0.15) is 21.6 Å². The molecule has 2 aliphatic rings. The van der Waals surface area contributed by atoms with Crippen molar-refractivity contribution in [1.82, 2.24) is 0 Å². The fraction of sp³-hybridized carbons (Fsp3) is 0.435. The van der Waals surface area contributed by atoms with Gasteiger partial charge in [0.25, 0.3) is 10.1 Å². The number of quaternary nitrogens is 2. The van der Waals surface area contributed by atoms with E-state index in [4.69, 9.17) is 4.74 Å². The summed E-state index contributed by atoms with van der Waals surface area (Å²) in [5, 5.41) is 9.20. The van der Waals surface area contributed by atoms with Crippen LogP contribution in [0, 0.1) is 0 Å². The highest BCUT2D eigenvalue weighted by molar-refractivity contribution is 7.86. The molecule has 0 saturated carbocycles. The van der Waals surface area contributed by atoms with Crippen LogP contribution in [-0.4, -0.2) is 125 Å². The zero-order chi connectivity index (χ0) is 45.3. The molecular weight excluding hydrogens is 817 g/mol. The molecular formula is C46H62N4O9S2+2. The second kappa shape index (κ2) is 17.6. The van der Waals surface area contributed by atoms with E-state index in [-0.39, 0.29) is 16.2 Å². The quantitative estimate of drug-likeness (QED) is 0.0467. The number of rotatable bonds is 18. The third-order valence-electron chi connectivity index (χ3n) is 11.3. The Hall–Kier alpha value is -4.64. The van der Waals surface area contributed by atoms with Gasteiger partial charge in [0.2, 0.25) is 5.69 Å². The van der Waals surface area contributed by atoms with Crippen LogP contribution in [0.5, 0.6) is 5.75 Å². The summed E-state index contributed by atoms with van der Waals surface area (Å²) in [5.41, 5.74) is 4.37. The van der Waals surface area contributed by atoms with Crippen LogP contribution in [0.25, 0.3) is 0 Å². The number of hydrogen-bond donors (Lipinski definition) is 2. The Bertz CT molecular complexity index is 2510. The average molecular weight is 879 g/mol. The van der Waals surface area contributed by atoms with Crippen molar-refractivity contribution >= 4 is 43.3 Å². The third-order valence-corrected chi connectivity index (χ3v) is 13.0. The monoisotopic (exact) mass is 878 g/mol. The van der Waals surface area contributed by atoms with E-state index in [1.807, 2.05) is 64.1 Å². The lowest BCUT2D eigenvalue weighted by molar-refractivity contribution is -0.871. The van der Waals surface area contributed by atoms with E-state index in [1.54, 1.807) is 30.3 Å². The molecule has 0 bridgehead atoms. The molecule has 0 amide bonds. The molecule has 3 aromatic rings. The number of fused-ring (bicyclic) bond motifs is 2. The van der Waals surface area contributed by atoms with E-state index in [2.05, 4.69) is 51.8 Å². The first-order chi connectivity index (χ1) is 28.1. The summed E-state index contributed by atoms with van der Waals surface area (Å²) >= 11 is 0. The van der Waals surface area contributed by atoms with Crippen LogP contribution < -0.4 is 9.64 Å². The minimum absolute atomic E-state index is 0.00112. The molecule has 0 saturated heterocycles. The molecule has 61 heavy (non-hydrogen) atoms. The van der Waals surface area contributed by atoms with Crippen molar-refractivity contribution in [3.8, 4) is 5.75 Å². The zero-order valence-electron chi connectivity index (χ0n) is 37.1. The van der Waals surface area contributed by atoms with Gasteiger partial charge in [0.15, 0.2) is 12.3 Å². The van der Waals surface area contributed by atoms with E-state index in [9.17, 15) is 35.8 Å². The smallest absolute Gasteiger partial charge is 0.303 e. The number of ether oxygens (including phenoxy) is 1. The highest BCUT2D eigenvalue weighted by atomic mass is 32.2. The summed E-state index contributed by atoms with van der Waals surface area (Å²) in [4.78, 5) is 13.0. The van der Waals surface area contributed by atoms with Crippen molar-refractivity contribution in [3.63, 3.8) is 0 Å². The zero-order valence-corrected chi connectivity index (χ0v) is 38.7. The molecule has 5 rings (SSSR count). The summed E-state index contributed by atoms with van der Waals surface area (Å²) in [5.74, 6) is 0.0909. The lowest BCUT2D eigenvalue weighted by Crippen LogP contribution is -2.37. The van der Waals surface area contributed by atoms with Gasteiger partial charge in [-0.25, -0.2) is 8.42 Å². The van der Waals surface area contributed by atoms with E-state index < -0.39 is 37.0 Å². The Morgan fingerprint density at radius 2 is 1.44 bits per heavy atom. The third kappa shape index (κ3) is 11.6. The minimum atomic E-state index is -4.70. The second-order valence-corrected chi connectivity index (χ2v) is 21.9. The number of carboxylic acids is 1. The van der Waals surface area contributed by atoms with E-state index in [0.717, 1.165) is 74.4 Å². The van der Waals surface area contributed by atoms with Crippen LogP contribution in [0.2, 0.25) is 0 Å². The molecule has 13 nitrogen and oxygen atoms in total. The van der Waals surface area contributed by atoms with Gasteiger partial charge in [-0.15, -0.1) is 0 Å². The highest BCUT2D eigenvalue weighted by Gasteiger charge is 2.45. The van der Waals surface area contributed by atoms with Crippen LogP contribution in [0.3, 0.4) is 0 Å². The number of allylic oxidation sites excluding steroid dienone is 5. The normalized spacial score (nSPS) is 17.3. The maximum Gasteiger partial charge on any atom is 0.303 e. The topological polar surface area (TPSA) is 164 Å². The van der Waals surface area contributed by atoms with Gasteiger partial charge in [0, 0.05) is 53.9 Å². The van der Waals surface area contributed by atoms with E-state index >= 15 is 0 Å². The van der Waals surface area contributed by atoms with Crippen LogP contribution in [0.15, 0.2) is 106 Å². The fourth-order valence-electron chi connectivity index (χ4n) is 8.07. The molecule has 0 radical (unpaired) electrons. The number of hydrogen-bond acceptors (Lipinski definition) is 8. The number of carboxylic acid groups (broad SMARTS) is 1. The number of carbonyl (C=O) groups is 1. The van der Waals surface area contributed by atoms with Gasteiger partial charge in [0.05, 0.1) is 77.0 Å². The molecule has 3 aromatic carbocycles. The van der Waals surface area contributed by atoms with Crippen LogP contribution in [0.1, 0.15) is 63.6 Å². The number of benzene rings is 3. The lowest BCUT2D eigenvalue weighted by Gasteiger charge is -2.29. The van der Waals surface area contributed by atoms with Crippen molar-refractivity contribution in [2.75, 3.05) is 73.4 Å². The van der Waals surface area contributed by atoms with Crippen molar-refractivity contribution in [1.29, 1.82) is 0 Å². The number of aryl methyl sites for hydroxylation is 1. The molecule has 0 spiro atoms. The summed E-state index contributed by atoms with van der Waals surface area (Å²) in [6.07, 6.45) is 9.72. The molecule has 0 aliphatic carbocycles.